The molecule has 1 fully saturated rings. The van der Waals surface area contributed by atoms with Gasteiger partial charge in [-0.15, -0.1) is 0 Å². The Morgan fingerprint density at radius 1 is 0.853 bits per heavy atom. The van der Waals surface area contributed by atoms with Crippen LogP contribution in [-0.2, 0) is 0 Å². The molecule has 2 N–H and O–H groups in total. The van der Waals surface area contributed by atoms with Crippen molar-refractivity contribution in [2.24, 2.45) is 0 Å². The van der Waals surface area contributed by atoms with E-state index in [0.29, 0.717) is 31.9 Å². The smallest absolute Gasteiger partial charge is 0.355 e. The van der Waals surface area contributed by atoms with E-state index in [0.717, 1.165) is 11.4 Å². The van der Waals surface area contributed by atoms with E-state index in [2.05, 4.69) is 25.7 Å². The predicted molar refractivity (Wildman–Crippen MR) is 126 cm³/mol. The molecule has 1 aliphatic rings. The summed E-state index contributed by atoms with van der Waals surface area (Å²) in [5.74, 6) is 0.995. The number of aromatic nitrogens is 2. The Morgan fingerprint density at radius 2 is 1.50 bits per heavy atom. The molecule has 0 aliphatic carbocycles. The van der Waals surface area contributed by atoms with Crippen molar-refractivity contribution in [3.05, 3.63) is 75.1 Å². The number of benzene rings is 2. The molecule has 3 aromatic rings. The summed E-state index contributed by atoms with van der Waals surface area (Å²) in [7, 11) is 1.62. The Kier molecular flexibility index (Phi) is 6.52. The predicted octanol–water partition coefficient (Wildman–Crippen LogP) is 3.07. The van der Waals surface area contributed by atoms with Crippen molar-refractivity contribution >= 4 is 34.4 Å². The fraction of sp³-hybridized carbons (Fsp3) is 0.238. The summed E-state index contributed by atoms with van der Waals surface area (Å²) in [6.07, 6.45) is 1.26. The molecule has 0 unspecified atom stereocenters. The zero-order chi connectivity index (χ0) is 24.1. The number of rotatable bonds is 8. The number of nitro groups is 2. The lowest BCUT2D eigenvalue weighted by atomic mass is 10.2. The van der Waals surface area contributed by atoms with E-state index in [9.17, 15) is 20.2 Å². The second-order valence-electron chi connectivity index (χ2n) is 7.38. The largest absolute Gasteiger partial charge is 0.497 e. The minimum Gasteiger partial charge on any atom is -0.497 e. The number of hydrogen-bond donors (Lipinski definition) is 2. The third kappa shape index (κ3) is 4.87. The summed E-state index contributed by atoms with van der Waals surface area (Å²) in [5, 5.41) is 22.7. The number of nitrogens with one attached hydrogen (secondary N) is 2. The van der Waals surface area contributed by atoms with Crippen molar-refractivity contribution in [1.82, 2.24) is 9.97 Å². The van der Waals surface area contributed by atoms with Crippen LogP contribution >= 0.6 is 0 Å². The quantitative estimate of drug-likeness (QED) is 0.372. The van der Waals surface area contributed by atoms with Gasteiger partial charge in [-0.25, -0.2) is 9.97 Å². The third-order valence-corrected chi connectivity index (χ3v) is 5.41. The molecule has 13 nitrogen and oxygen atoms in total. The van der Waals surface area contributed by atoms with Crippen LogP contribution in [0.15, 0.2) is 54.9 Å². The van der Waals surface area contributed by atoms with E-state index in [1.54, 1.807) is 7.11 Å². The Labute approximate surface area is 194 Å². The van der Waals surface area contributed by atoms with Crippen molar-refractivity contribution in [3.8, 4) is 5.75 Å². The average Bonchev–Trinajstić information content (AvgIpc) is 2.87. The maximum absolute atomic E-state index is 11.9. The van der Waals surface area contributed by atoms with Gasteiger partial charge in [-0.1, -0.05) is 0 Å². The van der Waals surface area contributed by atoms with Gasteiger partial charge in [0.15, 0.2) is 0 Å². The van der Waals surface area contributed by atoms with E-state index in [1.165, 1.54) is 30.6 Å². The maximum Gasteiger partial charge on any atom is 0.355 e. The van der Waals surface area contributed by atoms with Gasteiger partial charge in [0, 0.05) is 44.0 Å². The molecular formula is C21H22N8O5. The first kappa shape index (κ1) is 22.5. The number of non-ortho nitro benzene ring substituents is 1. The molecule has 0 atom stereocenters. The number of methoxy groups -OCH3 is 1. The molecule has 1 aliphatic heterocycles. The summed E-state index contributed by atoms with van der Waals surface area (Å²) in [6, 6.07) is 13.4. The van der Waals surface area contributed by atoms with Crippen LogP contribution in [0.25, 0.3) is 0 Å². The maximum atomic E-state index is 11.9. The van der Waals surface area contributed by atoms with Gasteiger partial charge in [0.2, 0.25) is 11.6 Å². The van der Waals surface area contributed by atoms with Crippen molar-refractivity contribution in [1.29, 1.82) is 0 Å². The summed E-state index contributed by atoms with van der Waals surface area (Å²) in [4.78, 5) is 33.9. The molecule has 13 heteroatoms. The Balaban J connectivity index is 1.46. The second-order valence-corrected chi connectivity index (χ2v) is 7.38. The molecule has 0 radical (unpaired) electrons. The van der Waals surface area contributed by atoms with Gasteiger partial charge in [-0.05, 0) is 36.4 Å². The van der Waals surface area contributed by atoms with E-state index in [1.807, 2.05) is 29.2 Å². The van der Waals surface area contributed by atoms with Crippen LogP contribution < -0.4 is 25.4 Å². The molecule has 34 heavy (non-hydrogen) atoms. The van der Waals surface area contributed by atoms with E-state index in [4.69, 9.17) is 4.74 Å². The first-order valence-corrected chi connectivity index (χ1v) is 10.4. The number of ether oxygens (including phenoxy) is 1. The summed E-state index contributed by atoms with van der Waals surface area (Å²) in [5.41, 5.74) is 6.72. The highest BCUT2D eigenvalue weighted by atomic mass is 16.6. The highest BCUT2D eigenvalue weighted by molar-refractivity contribution is 5.72. The number of hydrogen-bond acceptors (Lipinski definition) is 11. The van der Waals surface area contributed by atoms with Gasteiger partial charge in [-0.3, -0.25) is 31.1 Å². The number of anilines is 4. The van der Waals surface area contributed by atoms with Crippen LogP contribution in [0.4, 0.5) is 34.4 Å². The number of piperazine rings is 1. The lowest BCUT2D eigenvalue weighted by Crippen LogP contribution is -2.47. The molecule has 2 aromatic carbocycles. The first-order valence-electron chi connectivity index (χ1n) is 10.4. The van der Waals surface area contributed by atoms with Crippen LogP contribution in [0, 0.1) is 20.2 Å². The van der Waals surface area contributed by atoms with Crippen LogP contribution in [-0.4, -0.2) is 53.1 Å². The van der Waals surface area contributed by atoms with Gasteiger partial charge in [0.25, 0.3) is 5.69 Å². The van der Waals surface area contributed by atoms with Crippen LogP contribution in [0.3, 0.4) is 0 Å². The molecule has 4 rings (SSSR count). The van der Waals surface area contributed by atoms with E-state index >= 15 is 0 Å². The zero-order valence-corrected chi connectivity index (χ0v) is 18.2. The lowest BCUT2D eigenvalue weighted by Gasteiger charge is -2.36. The van der Waals surface area contributed by atoms with E-state index in [-0.39, 0.29) is 23.0 Å². The molecular weight excluding hydrogens is 444 g/mol. The number of nitrogens with zero attached hydrogens (tertiary/aromatic N) is 6. The van der Waals surface area contributed by atoms with Gasteiger partial charge < -0.3 is 14.5 Å². The first-order chi connectivity index (χ1) is 16.5. The summed E-state index contributed by atoms with van der Waals surface area (Å²) >= 11 is 0. The Bertz CT molecular complexity index is 1160. The monoisotopic (exact) mass is 466 g/mol. The molecule has 0 bridgehead atoms. The second kappa shape index (κ2) is 9.85. The van der Waals surface area contributed by atoms with Gasteiger partial charge in [-0.2, -0.15) is 0 Å². The fourth-order valence-corrected chi connectivity index (χ4v) is 3.63. The molecule has 2 heterocycles. The van der Waals surface area contributed by atoms with Crippen LogP contribution in [0.5, 0.6) is 5.75 Å². The molecule has 1 saturated heterocycles. The standard InChI is InChI=1S/C21H22N8O5/c1-34-18-8-6-16(7-9-18)26-10-12-27(13-11-26)21-19(29(32)33)20(22-14-23-21)25-24-15-2-4-17(5-3-15)28(30)31/h2-9,14,24H,10-13H2,1H3,(H,22,23,25). The highest BCUT2D eigenvalue weighted by Gasteiger charge is 2.29. The van der Waals surface area contributed by atoms with E-state index < -0.39 is 9.85 Å². The number of hydrazine groups is 1. The van der Waals surface area contributed by atoms with Gasteiger partial charge in [0.1, 0.15) is 12.1 Å². The molecule has 1 aromatic heterocycles. The molecule has 0 amide bonds. The molecule has 0 spiro atoms. The molecule has 176 valence electrons. The van der Waals surface area contributed by atoms with Crippen molar-refractivity contribution in [2.75, 3.05) is 53.9 Å². The summed E-state index contributed by atoms with van der Waals surface area (Å²) in [6.45, 7) is 2.41. The van der Waals surface area contributed by atoms with Crippen molar-refractivity contribution < 1.29 is 14.6 Å². The average molecular weight is 466 g/mol. The van der Waals surface area contributed by atoms with Crippen molar-refractivity contribution in [2.45, 2.75) is 0 Å². The van der Waals surface area contributed by atoms with Crippen LogP contribution in [0.1, 0.15) is 0 Å². The Hall–Kier alpha value is -4.68. The fourth-order valence-electron chi connectivity index (χ4n) is 3.63. The normalized spacial score (nSPS) is 13.3. The third-order valence-electron chi connectivity index (χ3n) is 5.41. The highest BCUT2D eigenvalue weighted by Crippen LogP contribution is 2.33. The SMILES string of the molecule is COc1ccc(N2CCN(c3ncnc(NNc4ccc([N+](=O)[O-])cc4)c3[N+](=O)[O-])CC2)cc1. The minimum atomic E-state index is -0.523. The van der Waals surface area contributed by atoms with Gasteiger partial charge in [0.05, 0.1) is 22.6 Å². The lowest BCUT2D eigenvalue weighted by molar-refractivity contribution is -0.384. The zero-order valence-electron chi connectivity index (χ0n) is 18.2. The number of nitro benzene ring substituents is 1. The Morgan fingerprint density at radius 3 is 2.09 bits per heavy atom. The van der Waals surface area contributed by atoms with Gasteiger partial charge >= 0.3 is 5.69 Å². The van der Waals surface area contributed by atoms with Crippen molar-refractivity contribution in [3.63, 3.8) is 0 Å². The summed E-state index contributed by atoms with van der Waals surface area (Å²) < 4.78 is 5.20. The molecule has 0 saturated carbocycles. The topological polar surface area (TPSA) is 152 Å². The van der Waals surface area contributed by atoms with Crippen LogP contribution in [0.2, 0.25) is 0 Å². The minimum absolute atomic E-state index is 0.00839.